The minimum absolute atomic E-state index is 0.126. The van der Waals surface area contributed by atoms with Crippen molar-refractivity contribution < 1.29 is 4.79 Å². The van der Waals surface area contributed by atoms with Crippen LogP contribution in [-0.4, -0.2) is 36.5 Å². The fourth-order valence-electron chi connectivity index (χ4n) is 3.50. The molecule has 4 heteroatoms. The van der Waals surface area contributed by atoms with E-state index in [4.69, 9.17) is 0 Å². The monoisotopic (exact) mass is 306 g/mol. The topological polar surface area (TPSA) is 32.3 Å². The Hall–Kier alpha value is -0.870. The summed E-state index contributed by atoms with van der Waals surface area (Å²) in [6.07, 6.45) is 8.67. The van der Waals surface area contributed by atoms with Gasteiger partial charge in [0.15, 0.2) is 0 Å². The summed E-state index contributed by atoms with van der Waals surface area (Å²) >= 11 is 1.69. The van der Waals surface area contributed by atoms with Crippen molar-refractivity contribution >= 4 is 17.2 Å². The average molecular weight is 306 g/mol. The second-order valence-electron chi connectivity index (χ2n) is 6.40. The first-order chi connectivity index (χ1) is 10.2. The summed E-state index contributed by atoms with van der Waals surface area (Å²) in [4.78, 5) is 17.1. The van der Waals surface area contributed by atoms with Crippen LogP contribution in [0.25, 0.3) is 0 Å². The third kappa shape index (κ3) is 3.67. The Morgan fingerprint density at radius 3 is 3.10 bits per heavy atom. The molecule has 3 nitrogen and oxygen atoms in total. The minimum atomic E-state index is 0.126. The van der Waals surface area contributed by atoms with E-state index >= 15 is 0 Å². The summed E-state index contributed by atoms with van der Waals surface area (Å²) in [7, 11) is 0. The molecular weight excluding hydrogens is 280 g/mol. The lowest BCUT2D eigenvalue weighted by Gasteiger charge is -2.33. The Morgan fingerprint density at radius 1 is 1.38 bits per heavy atom. The van der Waals surface area contributed by atoms with Gasteiger partial charge in [0.25, 0.3) is 5.91 Å². The van der Waals surface area contributed by atoms with Crippen LogP contribution in [0.2, 0.25) is 0 Å². The molecule has 3 rings (SSSR count). The van der Waals surface area contributed by atoms with E-state index < -0.39 is 0 Å². The predicted octanol–water partition coefficient (Wildman–Crippen LogP) is 3.23. The Labute approximate surface area is 131 Å². The van der Waals surface area contributed by atoms with Gasteiger partial charge in [0, 0.05) is 24.0 Å². The van der Waals surface area contributed by atoms with Gasteiger partial charge in [-0.15, -0.1) is 11.3 Å². The number of aryl methyl sites for hydroxylation is 2. The average Bonchev–Trinajstić information content (AvgIpc) is 3.06. The van der Waals surface area contributed by atoms with Gasteiger partial charge < -0.3 is 10.2 Å². The van der Waals surface area contributed by atoms with Gasteiger partial charge in [0.1, 0.15) is 0 Å². The highest BCUT2D eigenvalue weighted by molar-refractivity contribution is 7.14. The van der Waals surface area contributed by atoms with Crippen molar-refractivity contribution in [3.63, 3.8) is 0 Å². The molecule has 1 aliphatic heterocycles. The number of nitrogens with one attached hydrogen (secondary N) is 1. The van der Waals surface area contributed by atoms with Gasteiger partial charge in [-0.3, -0.25) is 4.79 Å². The number of amides is 1. The molecule has 116 valence electrons. The first kappa shape index (κ1) is 15.0. The largest absolute Gasteiger partial charge is 0.351 e. The molecule has 2 aliphatic rings. The molecule has 1 aliphatic carbocycles. The molecule has 0 saturated carbocycles. The molecule has 0 spiro atoms. The maximum Gasteiger partial charge on any atom is 0.261 e. The molecule has 0 bridgehead atoms. The van der Waals surface area contributed by atoms with Crippen LogP contribution in [0.4, 0.5) is 0 Å². The number of thiophene rings is 1. The zero-order valence-corrected chi connectivity index (χ0v) is 13.8. The molecule has 2 heterocycles. The van der Waals surface area contributed by atoms with Gasteiger partial charge in [-0.05, 0) is 63.6 Å². The van der Waals surface area contributed by atoms with Crippen LogP contribution < -0.4 is 5.32 Å². The highest BCUT2D eigenvalue weighted by atomic mass is 32.1. The summed E-state index contributed by atoms with van der Waals surface area (Å²) in [5, 5.41) is 3.09. The molecule has 21 heavy (non-hydrogen) atoms. The van der Waals surface area contributed by atoms with Crippen LogP contribution in [0, 0.1) is 0 Å². The van der Waals surface area contributed by atoms with E-state index in [1.54, 1.807) is 11.3 Å². The number of carbonyl (C=O) groups excluding carboxylic acids is 1. The van der Waals surface area contributed by atoms with E-state index in [1.165, 1.54) is 49.1 Å². The zero-order chi connectivity index (χ0) is 14.7. The van der Waals surface area contributed by atoms with Crippen molar-refractivity contribution in [1.29, 1.82) is 0 Å². The summed E-state index contributed by atoms with van der Waals surface area (Å²) in [6, 6.07) is 2.82. The number of hydrogen-bond acceptors (Lipinski definition) is 3. The normalized spacial score (nSPS) is 22.2. The van der Waals surface area contributed by atoms with Crippen LogP contribution >= 0.6 is 11.3 Å². The molecular formula is C17H26N2OS. The first-order valence-electron chi connectivity index (χ1n) is 8.38. The summed E-state index contributed by atoms with van der Waals surface area (Å²) in [6.45, 7) is 5.46. The third-order valence-corrected chi connectivity index (χ3v) is 6.05. The van der Waals surface area contributed by atoms with Crippen molar-refractivity contribution in [1.82, 2.24) is 10.2 Å². The van der Waals surface area contributed by atoms with Crippen LogP contribution in [0.15, 0.2) is 6.07 Å². The molecule has 1 aromatic rings. The number of rotatable bonds is 5. The molecule has 1 saturated heterocycles. The lowest BCUT2D eigenvalue weighted by atomic mass is 10.0. The van der Waals surface area contributed by atoms with Gasteiger partial charge in [0.2, 0.25) is 0 Å². The first-order valence-corrected chi connectivity index (χ1v) is 9.19. The van der Waals surface area contributed by atoms with Crippen LogP contribution in [0.5, 0.6) is 0 Å². The number of piperidine rings is 1. The molecule has 1 amide bonds. The van der Waals surface area contributed by atoms with Gasteiger partial charge in [-0.2, -0.15) is 0 Å². The highest BCUT2D eigenvalue weighted by Gasteiger charge is 2.19. The Balaban J connectivity index is 1.39. The van der Waals surface area contributed by atoms with E-state index in [0.717, 1.165) is 36.9 Å². The highest BCUT2D eigenvalue weighted by Crippen LogP contribution is 2.30. The third-order valence-electron chi connectivity index (χ3n) is 4.82. The Kier molecular flexibility index (Phi) is 4.96. The molecule has 0 unspecified atom stereocenters. The van der Waals surface area contributed by atoms with E-state index in [-0.39, 0.29) is 5.91 Å². The molecule has 0 radical (unpaired) electrons. The van der Waals surface area contributed by atoms with Gasteiger partial charge in [-0.1, -0.05) is 6.42 Å². The Morgan fingerprint density at radius 2 is 2.29 bits per heavy atom. The fraction of sp³-hybridized carbons (Fsp3) is 0.706. The fourth-order valence-corrected chi connectivity index (χ4v) is 4.67. The number of nitrogens with zero attached hydrogens (tertiary/aromatic N) is 1. The number of carbonyl (C=O) groups is 1. The number of fused-ring (bicyclic) bond motifs is 1. The van der Waals surface area contributed by atoms with Crippen molar-refractivity contribution in [2.24, 2.45) is 0 Å². The second kappa shape index (κ2) is 6.93. The summed E-state index contributed by atoms with van der Waals surface area (Å²) in [5.41, 5.74) is 1.41. The van der Waals surface area contributed by atoms with Crippen LogP contribution in [0.3, 0.4) is 0 Å². The summed E-state index contributed by atoms with van der Waals surface area (Å²) in [5.74, 6) is 0.126. The van der Waals surface area contributed by atoms with Crippen molar-refractivity contribution in [3.05, 3.63) is 21.4 Å². The van der Waals surface area contributed by atoms with Crippen LogP contribution in [0.1, 0.15) is 59.1 Å². The SMILES string of the molecule is C[C@@H]1CCCCN1CCCNC(=O)c1cc2c(s1)CCC2. The van der Waals surface area contributed by atoms with Gasteiger partial charge >= 0.3 is 0 Å². The predicted molar refractivity (Wildman–Crippen MR) is 88.2 cm³/mol. The zero-order valence-electron chi connectivity index (χ0n) is 13.0. The van der Waals surface area contributed by atoms with Crippen molar-refractivity contribution in [2.45, 2.75) is 57.9 Å². The number of likely N-dealkylation sites (tertiary alicyclic amines) is 1. The van der Waals surface area contributed by atoms with E-state index in [9.17, 15) is 4.79 Å². The van der Waals surface area contributed by atoms with E-state index in [1.807, 2.05) is 0 Å². The molecule has 1 aromatic heterocycles. The minimum Gasteiger partial charge on any atom is -0.351 e. The molecule has 1 atom stereocenters. The van der Waals surface area contributed by atoms with Crippen LogP contribution in [-0.2, 0) is 12.8 Å². The Bertz CT molecular complexity index is 475. The van der Waals surface area contributed by atoms with E-state index in [2.05, 4.69) is 23.2 Å². The standard InChI is InChI=1S/C17H26N2OS/c1-13-6-2-3-10-19(13)11-5-9-18-17(20)16-12-14-7-4-8-15(14)21-16/h12-13H,2-11H2,1H3,(H,18,20)/t13-/m1/s1. The maximum absolute atomic E-state index is 12.2. The summed E-state index contributed by atoms with van der Waals surface area (Å²) < 4.78 is 0. The smallest absolute Gasteiger partial charge is 0.261 e. The number of hydrogen-bond donors (Lipinski definition) is 1. The van der Waals surface area contributed by atoms with Crippen molar-refractivity contribution in [2.75, 3.05) is 19.6 Å². The maximum atomic E-state index is 12.2. The quantitative estimate of drug-likeness (QED) is 0.847. The van der Waals surface area contributed by atoms with Gasteiger partial charge in [0.05, 0.1) is 4.88 Å². The lowest BCUT2D eigenvalue weighted by Crippen LogP contribution is -2.39. The van der Waals surface area contributed by atoms with E-state index in [0.29, 0.717) is 0 Å². The second-order valence-corrected chi connectivity index (χ2v) is 7.54. The van der Waals surface area contributed by atoms with Gasteiger partial charge in [-0.25, -0.2) is 0 Å². The molecule has 0 aromatic carbocycles. The molecule has 1 N–H and O–H groups in total. The lowest BCUT2D eigenvalue weighted by molar-refractivity contribution is 0.0953. The van der Waals surface area contributed by atoms with Crippen molar-refractivity contribution in [3.8, 4) is 0 Å². The molecule has 1 fully saturated rings.